The van der Waals surface area contributed by atoms with Crippen LogP contribution in [0.15, 0.2) is 0 Å². The highest BCUT2D eigenvalue weighted by Gasteiger charge is 2.68. The third-order valence-electron chi connectivity index (χ3n) is 3.54. The van der Waals surface area contributed by atoms with Crippen molar-refractivity contribution >= 4 is 20.4 Å². The summed E-state index contributed by atoms with van der Waals surface area (Å²) in [5, 5.41) is -6.42. The normalized spacial score (nSPS) is 19.3. The Labute approximate surface area is 136 Å². The second kappa shape index (κ2) is 7.74. The van der Waals surface area contributed by atoms with E-state index in [1.807, 2.05) is 0 Å². The van der Waals surface area contributed by atoms with Crippen molar-refractivity contribution in [3.8, 4) is 0 Å². The first-order valence-electron chi connectivity index (χ1n) is 6.73. The van der Waals surface area contributed by atoms with Crippen molar-refractivity contribution in [2.75, 3.05) is 26.7 Å². The number of nitrogens with one attached hydrogen (secondary N) is 1. The lowest BCUT2D eigenvalue weighted by atomic mass is 10.1. The van der Waals surface area contributed by atoms with Gasteiger partial charge in [-0.25, -0.2) is 8.42 Å². The Kier molecular flexibility index (Phi) is 7.55. The highest BCUT2D eigenvalue weighted by molar-refractivity contribution is 8.03. The first-order chi connectivity index (χ1) is 10.5. The number of halogens is 6. The van der Waals surface area contributed by atoms with Gasteiger partial charge in [0, 0.05) is 0 Å². The average Bonchev–Trinajstić information content (AvgIpc) is 2.36. The van der Waals surface area contributed by atoms with E-state index in [2.05, 4.69) is 14.0 Å². The van der Waals surface area contributed by atoms with Gasteiger partial charge in [-0.3, -0.25) is 0 Å². The molecule has 1 aliphatic heterocycles. The minimum absolute atomic E-state index is 0.450. The maximum atomic E-state index is 12.0. The Morgan fingerprint density at radius 2 is 1.38 bits per heavy atom. The number of alkyl halides is 5. The van der Waals surface area contributed by atoms with Crippen molar-refractivity contribution < 1.29 is 47.2 Å². The molecule has 0 aliphatic carbocycles. The number of piperidine rings is 1. The molecule has 0 amide bonds. The lowest BCUT2D eigenvalue weighted by molar-refractivity contribution is -0.912. The Balaban J connectivity index is 0.000000496. The van der Waals surface area contributed by atoms with E-state index in [4.69, 9.17) is 0 Å². The summed E-state index contributed by atoms with van der Waals surface area (Å²) in [6.07, 6.45) is -2.20. The monoisotopic (exact) mass is 409 g/mol. The molecule has 0 radical (unpaired) electrons. The summed E-state index contributed by atoms with van der Waals surface area (Å²) in [7, 11) is -10.6. The van der Waals surface area contributed by atoms with E-state index in [-0.39, 0.29) is 0 Å². The maximum Gasteiger partial charge on any atom is 0.471 e. The second-order valence-electron chi connectivity index (χ2n) is 5.48. The van der Waals surface area contributed by atoms with Crippen LogP contribution in [0.25, 0.3) is 0 Å². The lowest BCUT2D eigenvalue weighted by Gasteiger charge is -2.36. The summed E-state index contributed by atoms with van der Waals surface area (Å²) >= 11 is 0. The van der Waals surface area contributed by atoms with E-state index in [0.717, 1.165) is 0 Å². The van der Waals surface area contributed by atoms with Crippen LogP contribution in [-0.2, 0) is 20.4 Å². The summed E-state index contributed by atoms with van der Waals surface area (Å²) in [4.78, 5) is 0. The third-order valence-corrected chi connectivity index (χ3v) is 6.12. The Hall–Kier alpha value is -0.600. The SMILES string of the molecule is CC[N+]1(C)CCCCC1.O=S(=O)(F)NS(=O)(=O)C(F)(F)C(F)(F)F. The van der Waals surface area contributed by atoms with Crippen molar-refractivity contribution in [3.05, 3.63) is 0 Å². The molecule has 0 unspecified atom stereocenters. The molecule has 14 heteroatoms. The number of quaternary nitrogens is 1. The van der Waals surface area contributed by atoms with Gasteiger partial charge in [-0.15, -0.1) is 0 Å². The van der Waals surface area contributed by atoms with Gasteiger partial charge < -0.3 is 4.48 Å². The number of rotatable bonds is 4. The summed E-state index contributed by atoms with van der Waals surface area (Å²) in [6, 6.07) is 0. The van der Waals surface area contributed by atoms with Gasteiger partial charge in [0.25, 0.3) is 0 Å². The summed E-state index contributed by atoms with van der Waals surface area (Å²) in [6.45, 7) is 6.44. The molecule has 0 aromatic heterocycles. The fourth-order valence-corrected chi connectivity index (χ4v) is 3.70. The van der Waals surface area contributed by atoms with Crippen molar-refractivity contribution in [1.82, 2.24) is 4.13 Å². The summed E-state index contributed by atoms with van der Waals surface area (Å²) < 4.78 is 110. The van der Waals surface area contributed by atoms with Crippen LogP contribution in [-0.4, -0.2) is 59.4 Å². The van der Waals surface area contributed by atoms with Gasteiger partial charge in [0.2, 0.25) is 0 Å². The smallest absolute Gasteiger partial charge is 0.326 e. The third kappa shape index (κ3) is 6.72. The van der Waals surface area contributed by atoms with Crippen molar-refractivity contribution in [3.63, 3.8) is 0 Å². The Bertz CT molecular complexity index is 612. The van der Waals surface area contributed by atoms with Gasteiger partial charge in [-0.1, -0.05) is 8.01 Å². The highest BCUT2D eigenvalue weighted by atomic mass is 32.3. The molecule has 0 saturated carbocycles. The molecule has 1 rings (SSSR count). The molecule has 146 valence electrons. The van der Waals surface area contributed by atoms with E-state index in [0.29, 0.717) is 0 Å². The molecule has 0 atom stereocenters. The van der Waals surface area contributed by atoms with E-state index in [9.17, 15) is 42.7 Å². The number of likely N-dealkylation sites (tertiary alicyclic amines) is 1. The van der Waals surface area contributed by atoms with Crippen LogP contribution in [0.1, 0.15) is 26.2 Å². The Morgan fingerprint density at radius 1 is 0.958 bits per heavy atom. The molecule has 1 heterocycles. The minimum atomic E-state index is -6.75. The van der Waals surface area contributed by atoms with Crippen LogP contribution in [0.2, 0.25) is 0 Å². The molecular formula is C10H19F6N2O4S2+. The molecule has 0 spiro atoms. The molecule has 1 aliphatic rings. The van der Waals surface area contributed by atoms with Crippen LogP contribution in [0, 0.1) is 0 Å². The first kappa shape index (κ1) is 23.4. The zero-order valence-electron chi connectivity index (χ0n) is 12.9. The van der Waals surface area contributed by atoms with E-state index in [1.54, 1.807) is 0 Å². The van der Waals surface area contributed by atoms with Crippen molar-refractivity contribution in [1.29, 1.82) is 0 Å². The highest BCUT2D eigenvalue weighted by Crippen LogP contribution is 2.39. The first-order valence-corrected chi connectivity index (χ1v) is 9.60. The maximum absolute atomic E-state index is 12.0. The predicted molar refractivity (Wildman–Crippen MR) is 73.4 cm³/mol. The molecule has 0 aromatic carbocycles. The number of sulfonamides is 1. The van der Waals surface area contributed by atoms with Crippen molar-refractivity contribution in [2.45, 2.75) is 37.6 Å². The Morgan fingerprint density at radius 3 is 1.62 bits per heavy atom. The molecule has 1 saturated heterocycles. The topological polar surface area (TPSA) is 80.3 Å². The van der Waals surface area contributed by atoms with Crippen LogP contribution in [0.3, 0.4) is 0 Å². The van der Waals surface area contributed by atoms with Gasteiger partial charge in [0.1, 0.15) is 0 Å². The van der Waals surface area contributed by atoms with Gasteiger partial charge in [-0.05, 0) is 26.2 Å². The van der Waals surface area contributed by atoms with Gasteiger partial charge in [-0.2, -0.15) is 30.4 Å². The van der Waals surface area contributed by atoms with Gasteiger partial charge >= 0.3 is 31.9 Å². The van der Waals surface area contributed by atoms with E-state index >= 15 is 0 Å². The number of hydrogen-bond donors (Lipinski definition) is 1. The summed E-state index contributed by atoms with van der Waals surface area (Å²) in [5.41, 5.74) is 0. The quantitative estimate of drug-likeness (QED) is 0.437. The number of hydrogen-bond acceptors (Lipinski definition) is 4. The van der Waals surface area contributed by atoms with E-state index in [1.165, 1.54) is 43.4 Å². The largest absolute Gasteiger partial charge is 0.471 e. The fraction of sp³-hybridized carbons (Fsp3) is 1.00. The zero-order valence-corrected chi connectivity index (χ0v) is 14.5. The molecule has 24 heavy (non-hydrogen) atoms. The fourth-order valence-electron chi connectivity index (χ4n) is 1.93. The van der Waals surface area contributed by atoms with Crippen LogP contribution in [0.5, 0.6) is 0 Å². The molecule has 0 bridgehead atoms. The zero-order chi connectivity index (χ0) is 19.4. The molecular weight excluding hydrogens is 390 g/mol. The summed E-state index contributed by atoms with van der Waals surface area (Å²) in [5.74, 6) is 0. The number of nitrogens with zero attached hydrogens (tertiary/aromatic N) is 1. The van der Waals surface area contributed by atoms with E-state index < -0.39 is 36.0 Å². The van der Waals surface area contributed by atoms with Crippen molar-refractivity contribution in [2.24, 2.45) is 0 Å². The molecule has 6 nitrogen and oxygen atoms in total. The van der Waals surface area contributed by atoms with Gasteiger partial charge in [0.05, 0.1) is 26.7 Å². The van der Waals surface area contributed by atoms with Crippen LogP contribution < -0.4 is 4.13 Å². The standard InChI is InChI=1S/C8H18N.C2HF6NO4S2/c1-3-9(2)7-5-4-6-8-9;3-1(4,5)2(6,7)14(10,11)9-15(8,12)13/h3-8H2,1-2H3;9H/q+1;. The second-order valence-corrected chi connectivity index (χ2v) is 8.54. The molecule has 0 aromatic rings. The molecule has 1 N–H and O–H groups in total. The molecule has 1 fully saturated rings. The lowest BCUT2D eigenvalue weighted by Crippen LogP contribution is -2.50. The van der Waals surface area contributed by atoms with Gasteiger partial charge in [0.15, 0.2) is 0 Å². The van der Waals surface area contributed by atoms with Crippen LogP contribution >= 0.6 is 0 Å². The average molecular weight is 409 g/mol. The minimum Gasteiger partial charge on any atom is -0.326 e. The van der Waals surface area contributed by atoms with Crippen LogP contribution in [0.4, 0.5) is 25.8 Å². The predicted octanol–water partition coefficient (Wildman–Crippen LogP) is 1.91.